The number of carbonyl (C=O) groups excluding carboxylic acids is 3. The highest BCUT2D eigenvalue weighted by Crippen LogP contribution is 2.24. The van der Waals surface area contributed by atoms with Crippen molar-refractivity contribution in [2.75, 3.05) is 19.4 Å². The lowest BCUT2D eigenvalue weighted by molar-refractivity contribution is -0.141. The molecular weight excluding hydrogens is 370 g/mol. The first-order valence-corrected chi connectivity index (χ1v) is 10.1. The monoisotopic (exact) mass is 405 g/mol. The van der Waals surface area contributed by atoms with Crippen LogP contribution in [0, 0.1) is 5.41 Å². The summed E-state index contributed by atoms with van der Waals surface area (Å²) in [6.07, 6.45) is -0.495. The standard InChI is InChI=1S/C18H35N3O5S/c1-11(2)20-12(7-8-14(22)26-6)17(25)21-13(10-27-15(23)9-19)16(24)18(3,4)5/h11-13,16,20,24H,7-10,19H2,1-6H3,(H,21,25)/t12-,13-,16?/m0/s1. The normalized spacial score (nSPS) is 15.1. The minimum atomic E-state index is -0.861. The Balaban J connectivity index is 5.19. The Kier molecular flexibility index (Phi) is 11.8. The van der Waals surface area contributed by atoms with Gasteiger partial charge >= 0.3 is 5.97 Å². The van der Waals surface area contributed by atoms with Crippen molar-refractivity contribution in [1.82, 2.24) is 10.6 Å². The lowest BCUT2D eigenvalue weighted by Crippen LogP contribution is -2.56. The Morgan fingerprint density at radius 1 is 1.22 bits per heavy atom. The number of amides is 1. The highest BCUT2D eigenvalue weighted by atomic mass is 32.2. The molecule has 0 spiro atoms. The van der Waals surface area contributed by atoms with Crippen LogP contribution in [0.1, 0.15) is 47.5 Å². The van der Waals surface area contributed by atoms with E-state index >= 15 is 0 Å². The Bertz CT molecular complexity index is 494. The van der Waals surface area contributed by atoms with Gasteiger partial charge in [-0.05, 0) is 11.8 Å². The molecule has 0 aromatic carbocycles. The first kappa shape index (κ1) is 25.8. The maximum atomic E-state index is 12.8. The van der Waals surface area contributed by atoms with E-state index in [9.17, 15) is 19.5 Å². The van der Waals surface area contributed by atoms with Crippen LogP contribution in [-0.4, -0.2) is 65.7 Å². The van der Waals surface area contributed by atoms with Crippen molar-refractivity contribution < 1.29 is 24.2 Å². The van der Waals surface area contributed by atoms with Crippen LogP contribution in [0.25, 0.3) is 0 Å². The molecule has 0 saturated carbocycles. The second-order valence-corrected chi connectivity index (χ2v) is 8.88. The van der Waals surface area contributed by atoms with E-state index in [0.717, 1.165) is 11.8 Å². The molecule has 0 fully saturated rings. The Labute approximate surface area is 166 Å². The zero-order valence-corrected chi connectivity index (χ0v) is 18.0. The van der Waals surface area contributed by atoms with Crippen molar-refractivity contribution in [2.24, 2.45) is 11.1 Å². The van der Waals surface area contributed by atoms with Crippen LogP contribution in [0.2, 0.25) is 0 Å². The van der Waals surface area contributed by atoms with E-state index in [1.54, 1.807) is 0 Å². The van der Waals surface area contributed by atoms with Crippen LogP contribution in [0.4, 0.5) is 0 Å². The smallest absolute Gasteiger partial charge is 0.305 e. The fraction of sp³-hybridized carbons (Fsp3) is 0.833. The molecule has 0 saturated heterocycles. The number of aliphatic hydroxyl groups is 1. The Morgan fingerprint density at radius 3 is 2.26 bits per heavy atom. The van der Waals surface area contributed by atoms with Crippen LogP contribution >= 0.6 is 11.8 Å². The maximum absolute atomic E-state index is 12.8. The lowest BCUT2D eigenvalue weighted by atomic mass is 9.85. The third kappa shape index (κ3) is 10.7. The van der Waals surface area contributed by atoms with Gasteiger partial charge in [-0.25, -0.2) is 0 Å². The van der Waals surface area contributed by atoms with Crippen LogP contribution < -0.4 is 16.4 Å². The first-order chi connectivity index (χ1) is 12.4. The third-order valence-corrected chi connectivity index (χ3v) is 4.92. The molecule has 0 rings (SSSR count). The molecule has 9 heteroatoms. The summed E-state index contributed by atoms with van der Waals surface area (Å²) in [7, 11) is 1.30. The summed E-state index contributed by atoms with van der Waals surface area (Å²) in [6, 6.07) is -1.22. The molecule has 3 atom stereocenters. The summed E-state index contributed by atoms with van der Waals surface area (Å²) in [4.78, 5) is 35.7. The molecule has 1 amide bonds. The topological polar surface area (TPSA) is 131 Å². The van der Waals surface area contributed by atoms with Gasteiger partial charge in [0.05, 0.1) is 31.8 Å². The molecule has 27 heavy (non-hydrogen) atoms. The number of esters is 1. The molecule has 0 heterocycles. The molecule has 0 radical (unpaired) electrons. The number of carbonyl (C=O) groups is 3. The van der Waals surface area contributed by atoms with Crippen LogP contribution in [0.5, 0.6) is 0 Å². The molecule has 0 bridgehead atoms. The second kappa shape index (κ2) is 12.3. The number of hydrogen-bond donors (Lipinski definition) is 4. The van der Waals surface area contributed by atoms with E-state index in [0.29, 0.717) is 0 Å². The average molecular weight is 406 g/mol. The predicted molar refractivity (Wildman–Crippen MR) is 107 cm³/mol. The summed E-state index contributed by atoms with van der Waals surface area (Å²) in [5.41, 5.74) is 4.84. The van der Waals surface area contributed by atoms with Crippen molar-refractivity contribution in [2.45, 2.75) is 71.7 Å². The van der Waals surface area contributed by atoms with Crippen molar-refractivity contribution in [3.05, 3.63) is 0 Å². The molecule has 8 nitrogen and oxygen atoms in total. The molecule has 0 aliphatic heterocycles. The number of methoxy groups -OCH3 is 1. The second-order valence-electron chi connectivity index (χ2n) is 7.80. The number of ether oxygens (including phenoxy) is 1. The summed E-state index contributed by atoms with van der Waals surface area (Å²) in [6.45, 7) is 9.26. The van der Waals surface area contributed by atoms with Crippen molar-refractivity contribution in [3.8, 4) is 0 Å². The molecule has 5 N–H and O–H groups in total. The maximum Gasteiger partial charge on any atom is 0.305 e. The van der Waals surface area contributed by atoms with Crippen molar-refractivity contribution >= 4 is 28.8 Å². The van der Waals surface area contributed by atoms with Crippen LogP contribution in [0.3, 0.4) is 0 Å². The van der Waals surface area contributed by atoms with E-state index < -0.39 is 29.6 Å². The van der Waals surface area contributed by atoms with Gasteiger partial charge in [0.1, 0.15) is 0 Å². The van der Waals surface area contributed by atoms with Gasteiger partial charge in [-0.1, -0.05) is 46.4 Å². The van der Waals surface area contributed by atoms with Gasteiger partial charge in [0.2, 0.25) is 11.0 Å². The molecule has 0 aliphatic carbocycles. The van der Waals surface area contributed by atoms with Gasteiger partial charge in [-0.15, -0.1) is 0 Å². The lowest BCUT2D eigenvalue weighted by Gasteiger charge is -2.34. The quantitative estimate of drug-likeness (QED) is 0.364. The minimum absolute atomic E-state index is 0.0255. The number of nitrogens with one attached hydrogen (secondary N) is 2. The molecule has 0 aromatic rings. The van der Waals surface area contributed by atoms with Crippen LogP contribution in [-0.2, 0) is 19.1 Å². The zero-order chi connectivity index (χ0) is 21.2. The van der Waals surface area contributed by atoms with Gasteiger partial charge < -0.3 is 26.2 Å². The van der Waals surface area contributed by atoms with Gasteiger partial charge in [0.25, 0.3) is 0 Å². The van der Waals surface area contributed by atoms with E-state index in [-0.39, 0.29) is 42.2 Å². The fourth-order valence-corrected chi connectivity index (χ4v) is 3.15. The number of rotatable bonds is 11. The van der Waals surface area contributed by atoms with Crippen molar-refractivity contribution in [1.29, 1.82) is 0 Å². The summed E-state index contributed by atoms with van der Waals surface area (Å²) in [5.74, 6) is -0.513. The molecule has 0 aliphatic rings. The zero-order valence-electron chi connectivity index (χ0n) is 17.2. The first-order valence-electron chi connectivity index (χ1n) is 9.09. The summed E-state index contributed by atoms with van der Waals surface area (Å²) < 4.78 is 4.64. The number of aliphatic hydroxyl groups excluding tert-OH is 1. The number of nitrogens with two attached hydrogens (primary N) is 1. The Hall–Kier alpha value is -1.16. The van der Waals surface area contributed by atoms with Gasteiger partial charge in [-0.3, -0.25) is 14.4 Å². The number of hydrogen-bond acceptors (Lipinski definition) is 8. The third-order valence-electron chi connectivity index (χ3n) is 3.90. The summed E-state index contributed by atoms with van der Waals surface area (Å²) in [5, 5.41) is 16.4. The predicted octanol–water partition coefficient (Wildman–Crippen LogP) is 0.417. The molecular formula is C18H35N3O5S. The molecule has 1 unspecified atom stereocenters. The van der Waals surface area contributed by atoms with Crippen LogP contribution in [0.15, 0.2) is 0 Å². The summed E-state index contributed by atoms with van der Waals surface area (Å²) >= 11 is 0.985. The van der Waals surface area contributed by atoms with Crippen molar-refractivity contribution in [3.63, 3.8) is 0 Å². The van der Waals surface area contributed by atoms with Gasteiger partial charge in [0.15, 0.2) is 0 Å². The van der Waals surface area contributed by atoms with Gasteiger partial charge in [0, 0.05) is 18.2 Å². The largest absolute Gasteiger partial charge is 0.469 e. The molecule has 0 aromatic heterocycles. The average Bonchev–Trinajstić information content (AvgIpc) is 2.59. The molecule has 158 valence electrons. The van der Waals surface area contributed by atoms with E-state index in [2.05, 4.69) is 15.4 Å². The Morgan fingerprint density at radius 2 is 1.81 bits per heavy atom. The van der Waals surface area contributed by atoms with E-state index in [1.165, 1.54) is 7.11 Å². The SMILES string of the molecule is COC(=O)CC[C@H](NC(C)C)C(=O)N[C@@H](CSC(=O)CN)C(O)C(C)(C)C. The van der Waals surface area contributed by atoms with E-state index in [1.807, 2.05) is 34.6 Å². The van der Waals surface area contributed by atoms with E-state index in [4.69, 9.17) is 5.73 Å². The fourth-order valence-electron chi connectivity index (χ4n) is 2.40. The highest BCUT2D eigenvalue weighted by molar-refractivity contribution is 8.13. The minimum Gasteiger partial charge on any atom is -0.469 e. The van der Waals surface area contributed by atoms with Gasteiger partial charge in [-0.2, -0.15) is 0 Å². The number of thioether (sulfide) groups is 1. The highest BCUT2D eigenvalue weighted by Gasteiger charge is 2.33.